The van der Waals surface area contributed by atoms with Crippen LogP contribution in [0.15, 0.2) is 0 Å². The Labute approximate surface area is 88.1 Å². The van der Waals surface area contributed by atoms with E-state index in [4.69, 9.17) is 5.11 Å². The first-order chi connectivity index (χ1) is 6.83. The van der Waals surface area contributed by atoms with Crippen molar-refractivity contribution in [1.29, 1.82) is 0 Å². The fraction of sp³-hybridized carbons (Fsp3) is 1.00. The summed E-state index contributed by atoms with van der Waals surface area (Å²) in [6.07, 6.45) is 8.82. The van der Waals surface area contributed by atoms with Crippen LogP contribution in [0.3, 0.4) is 0 Å². The van der Waals surface area contributed by atoms with Crippen molar-refractivity contribution in [2.45, 2.75) is 58.0 Å². The molecule has 1 rings (SSSR count). The summed E-state index contributed by atoms with van der Waals surface area (Å²) < 4.78 is 0. The highest BCUT2D eigenvalue weighted by molar-refractivity contribution is 4.79. The number of hydrogen-bond acceptors (Lipinski definition) is 2. The largest absolute Gasteiger partial charge is 0.393 e. The van der Waals surface area contributed by atoms with Crippen LogP contribution in [0.5, 0.6) is 0 Å². The highest BCUT2D eigenvalue weighted by Gasteiger charge is 2.26. The maximum absolute atomic E-state index is 9.09. The molecule has 14 heavy (non-hydrogen) atoms. The van der Waals surface area contributed by atoms with Gasteiger partial charge in [-0.05, 0) is 38.3 Å². The predicted octanol–water partition coefficient (Wildman–Crippen LogP) is 2.32. The highest BCUT2D eigenvalue weighted by Crippen LogP contribution is 2.25. The average molecular weight is 199 g/mol. The minimum absolute atomic E-state index is 0.00588. The molecule has 1 aliphatic carbocycles. The lowest BCUT2D eigenvalue weighted by molar-refractivity contribution is 0.0431. The van der Waals surface area contributed by atoms with Gasteiger partial charge in [0.2, 0.25) is 0 Å². The maximum atomic E-state index is 9.09. The number of aliphatic hydroxyl groups excluding tert-OH is 1. The Morgan fingerprint density at radius 1 is 1.14 bits per heavy atom. The van der Waals surface area contributed by atoms with Crippen LogP contribution in [0.2, 0.25) is 0 Å². The zero-order valence-corrected chi connectivity index (χ0v) is 9.47. The van der Waals surface area contributed by atoms with Gasteiger partial charge in [-0.15, -0.1) is 0 Å². The minimum atomic E-state index is 0.00588. The summed E-state index contributed by atoms with van der Waals surface area (Å²) in [5.74, 6) is 0.751. The molecule has 2 nitrogen and oxygen atoms in total. The lowest BCUT2D eigenvalue weighted by atomic mass is 9.82. The van der Waals surface area contributed by atoms with Crippen molar-refractivity contribution >= 4 is 0 Å². The van der Waals surface area contributed by atoms with E-state index in [0.29, 0.717) is 0 Å². The third-order valence-electron chi connectivity index (χ3n) is 3.10. The second kappa shape index (κ2) is 7.24. The van der Waals surface area contributed by atoms with Gasteiger partial charge in [0.05, 0.1) is 6.10 Å². The fourth-order valence-corrected chi connectivity index (χ4v) is 2.03. The van der Waals surface area contributed by atoms with Gasteiger partial charge in [-0.1, -0.05) is 32.6 Å². The van der Waals surface area contributed by atoms with Crippen molar-refractivity contribution in [3.63, 3.8) is 0 Å². The fourth-order valence-electron chi connectivity index (χ4n) is 2.03. The van der Waals surface area contributed by atoms with Crippen LogP contribution in [0.4, 0.5) is 0 Å². The number of aliphatic hydroxyl groups is 1. The van der Waals surface area contributed by atoms with Gasteiger partial charge >= 0.3 is 0 Å². The second-order valence-electron chi connectivity index (χ2n) is 4.61. The zero-order chi connectivity index (χ0) is 10.2. The van der Waals surface area contributed by atoms with E-state index in [9.17, 15) is 0 Å². The first kappa shape index (κ1) is 12.0. The van der Waals surface area contributed by atoms with E-state index in [-0.39, 0.29) is 6.10 Å². The summed E-state index contributed by atoms with van der Waals surface area (Å²) in [7, 11) is 0. The number of rotatable bonds is 8. The third kappa shape index (κ3) is 4.97. The first-order valence-electron chi connectivity index (χ1n) is 6.21. The van der Waals surface area contributed by atoms with Crippen molar-refractivity contribution in [3.8, 4) is 0 Å². The lowest BCUT2D eigenvalue weighted by Crippen LogP contribution is -2.36. The molecule has 0 spiro atoms. The molecule has 1 saturated carbocycles. The van der Waals surface area contributed by atoms with Gasteiger partial charge in [-0.2, -0.15) is 0 Å². The molecule has 0 aliphatic heterocycles. The Bertz CT molecular complexity index is 132. The topological polar surface area (TPSA) is 32.3 Å². The SMILES string of the molecule is CCCCCCCNCC1CC(O)C1. The first-order valence-corrected chi connectivity index (χ1v) is 6.21. The average Bonchev–Trinajstić information content (AvgIpc) is 2.13. The predicted molar refractivity (Wildman–Crippen MR) is 60.4 cm³/mol. The van der Waals surface area contributed by atoms with E-state index < -0.39 is 0 Å². The van der Waals surface area contributed by atoms with E-state index in [0.717, 1.165) is 31.8 Å². The molecule has 0 radical (unpaired) electrons. The van der Waals surface area contributed by atoms with Crippen LogP contribution in [-0.2, 0) is 0 Å². The van der Waals surface area contributed by atoms with Gasteiger partial charge in [-0.25, -0.2) is 0 Å². The molecular weight excluding hydrogens is 174 g/mol. The molecule has 0 atom stereocenters. The van der Waals surface area contributed by atoms with E-state index in [1.54, 1.807) is 0 Å². The molecule has 0 bridgehead atoms. The molecule has 2 N–H and O–H groups in total. The second-order valence-corrected chi connectivity index (χ2v) is 4.61. The van der Waals surface area contributed by atoms with Crippen LogP contribution in [0.1, 0.15) is 51.9 Å². The van der Waals surface area contributed by atoms with Crippen LogP contribution < -0.4 is 5.32 Å². The van der Waals surface area contributed by atoms with Crippen LogP contribution in [0, 0.1) is 5.92 Å². The lowest BCUT2D eigenvalue weighted by Gasteiger charge is -2.31. The molecule has 2 heteroatoms. The molecule has 0 aromatic rings. The van der Waals surface area contributed by atoms with E-state index in [1.165, 1.54) is 32.1 Å². The summed E-state index contributed by atoms with van der Waals surface area (Å²) in [5, 5.41) is 12.6. The maximum Gasteiger partial charge on any atom is 0.0546 e. The van der Waals surface area contributed by atoms with Crippen molar-refractivity contribution in [3.05, 3.63) is 0 Å². The normalized spacial score (nSPS) is 26.1. The molecular formula is C12H25NO. The zero-order valence-electron chi connectivity index (χ0n) is 9.47. The smallest absolute Gasteiger partial charge is 0.0546 e. The summed E-state index contributed by atoms with van der Waals surface area (Å²) in [6, 6.07) is 0. The van der Waals surface area contributed by atoms with Gasteiger partial charge in [0.1, 0.15) is 0 Å². The molecule has 1 aliphatic rings. The summed E-state index contributed by atoms with van der Waals surface area (Å²) in [4.78, 5) is 0. The van der Waals surface area contributed by atoms with Crippen LogP contribution in [0.25, 0.3) is 0 Å². The third-order valence-corrected chi connectivity index (χ3v) is 3.10. The summed E-state index contributed by atoms with van der Waals surface area (Å²) in [6.45, 7) is 4.53. The molecule has 0 aromatic heterocycles. The minimum Gasteiger partial charge on any atom is -0.393 e. The van der Waals surface area contributed by atoms with Crippen LogP contribution >= 0.6 is 0 Å². The van der Waals surface area contributed by atoms with Gasteiger partial charge in [0, 0.05) is 0 Å². The van der Waals surface area contributed by atoms with Gasteiger partial charge in [-0.3, -0.25) is 0 Å². The Morgan fingerprint density at radius 3 is 2.50 bits per heavy atom. The molecule has 0 saturated heterocycles. The van der Waals surface area contributed by atoms with E-state index in [2.05, 4.69) is 12.2 Å². The quantitative estimate of drug-likeness (QED) is 0.588. The standard InChI is InChI=1S/C12H25NO/c1-2-3-4-5-6-7-13-10-11-8-12(14)9-11/h11-14H,2-10H2,1H3. The van der Waals surface area contributed by atoms with Crippen molar-refractivity contribution in [2.24, 2.45) is 5.92 Å². The molecule has 0 heterocycles. The van der Waals surface area contributed by atoms with Crippen molar-refractivity contribution < 1.29 is 5.11 Å². The van der Waals surface area contributed by atoms with Crippen LogP contribution in [-0.4, -0.2) is 24.3 Å². The number of hydrogen-bond donors (Lipinski definition) is 2. The monoisotopic (exact) mass is 199 g/mol. The van der Waals surface area contributed by atoms with Gasteiger partial charge in [0.15, 0.2) is 0 Å². The Morgan fingerprint density at radius 2 is 1.86 bits per heavy atom. The molecule has 84 valence electrons. The van der Waals surface area contributed by atoms with Gasteiger partial charge in [0.25, 0.3) is 0 Å². The Hall–Kier alpha value is -0.0800. The summed E-state index contributed by atoms with van der Waals surface area (Å²) in [5.41, 5.74) is 0. The van der Waals surface area contributed by atoms with E-state index >= 15 is 0 Å². The number of unbranched alkanes of at least 4 members (excludes halogenated alkanes) is 4. The molecule has 0 aromatic carbocycles. The molecule has 1 fully saturated rings. The number of nitrogens with one attached hydrogen (secondary N) is 1. The molecule has 0 amide bonds. The summed E-state index contributed by atoms with van der Waals surface area (Å²) >= 11 is 0. The molecule has 0 unspecified atom stereocenters. The Balaban J connectivity index is 1.72. The highest BCUT2D eigenvalue weighted by atomic mass is 16.3. The van der Waals surface area contributed by atoms with Gasteiger partial charge < -0.3 is 10.4 Å². The van der Waals surface area contributed by atoms with E-state index in [1.807, 2.05) is 0 Å². The van der Waals surface area contributed by atoms with Crippen molar-refractivity contribution in [2.75, 3.05) is 13.1 Å². The van der Waals surface area contributed by atoms with Crippen molar-refractivity contribution in [1.82, 2.24) is 5.32 Å². The Kier molecular flexibility index (Phi) is 6.20.